The van der Waals surface area contributed by atoms with E-state index in [1.165, 1.54) is 5.69 Å². The molecular formula is C33H54N6O6. The number of nitrogen functional groups attached to an aromatic ring is 1. The number of unbranched alkanes of at least 4 members (excludes halogenated alkanes) is 1. The van der Waals surface area contributed by atoms with Crippen LogP contribution in [-0.4, -0.2) is 132 Å². The van der Waals surface area contributed by atoms with E-state index in [2.05, 4.69) is 51.8 Å². The molecule has 3 heterocycles. The molecule has 1 fully saturated rings. The zero-order valence-corrected chi connectivity index (χ0v) is 27.4. The molecule has 1 aromatic carbocycles. The van der Waals surface area contributed by atoms with Crippen LogP contribution in [0.2, 0.25) is 0 Å². The molecule has 0 radical (unpaired) electrons. The summed E-state index contributed by atoms with van der Waals surface area (Å²) in [6.07, 6.45) is 4.18. The second-order valence-electron chi connectivity index (χ2n) is 11.2. The van der Waals surface area contributed by atoms with Gasteiger partial charge in [0.2, 0.25) is 0 Å². The number of nitrogens with one attached hydrogen (secondary N) is 1. The topological polar surface area (TPSA) is 129 Å². The maximum atomic E-state index is 6.26. The lowest BCUT2D eigenvalue weighted by Crippen LogP contribution is -2.47. The van der Waals surface area contributed by atoms with Crippen LogP contribution in [0.1, 0.15) is 38.9 Å². The van der Waals surface area contributed by atoms with Crippen molar-refractivity contribution < 1.29 is 28.4 Å². The molecule has 12 nitrogen and oxygen atoms in total. The van der Waals surface area contributed by atoms with Crippen molar-refractivity contribution in [3.05, 3.63) is 24.0 Å². The van der Waals surface area contributed by atoms with Crippen molar-refractivity contribution in [2.24, 2.45) is 0 Å². The average Bonchev–Trinajstić information content (AvgIpc) is 3.50. The van der Waals surface area contributed by atoms with Gasteiger partial charge in [-0.05, 0) is 31.0 Å². The summed E-state index contributed by atoms with van der Waals surface area (Å²) in [5.41, 5.74) is 10.1. The third-order valence-corrected chi connectivity index (χ3v) is 7.75. The van der Waals surface area contributed by atoms with Crippen molar-refractivity contribution in [1.82, 2.24) is 19.9 Å². The number of rotatable bonds is 24. The van der Waals surface area contributed by atoms with Crippen molar-refractivity contribution in [1.29, 1.82) is 0 Å². The highest BCUT2D eigenvalue weighted by atomic mass is 16.6. The van der Waals surface area contributed by atoms with Gasteiger partial charge in [-0.15, -0.1) is 0 Å². The molecule has 3 aromatic rings. The number of hydrogen-bond donors (Lipinski definition) is 2. The van der Waals surface area contributed by atoms with Gasteiger partial charge in [-0.2, -0.15) is 0 Å². The Kier molecular flexibility index (Phi) is 16.1. The highest BCUT2D eigenvalue weighted by Crippen LogP contribution is 2.30. The lowest BCUT2D eigenvalue weighted by atomic mass is 10.1. The summed E-state index contributed by atoms with van der Waals surface area (Å²) in [6.45, 7) is 16.4. The van der Waals surface area contributed by atoms with Crippen molar-refractivity contribution >= 4 is 33.4 Å². The second kappa shape index (κ2) is 20.5. The van der Waals surface area contributed by atoms with Crippen LogP contribution in [-0.2, 0) is 34.8 Å². The zero-order chi connectivity index (χ0) is 31.5. The fourth-order valence-corrected chi connectivity index (χ4v) is 5.23. The molecule has 1 aliphatic rings. The molecular weight excluding hydrogens is 576 g/mol. The first-order valence-corrected chi connectivity index (χ1v) is 16.7. The van der Waals surface area contributed by atoms with Crippen LogP contribution < -0.4 is 10.6 Å². The quantitative estimate of drug-likeness (QED) is 0.141. The number of anilines is 2. The molecule has 12 heteroatoms. The van der Waals surface area contributed by atoms with E-state index < -0.39 is 0 Å². The molecule has 0 atom stereocenters. The molecule has 0 amide bonds. The monoisotopic (exact) mass is 630 g/mol. The van der Waals surface area contributed by atoms with Gasteiger partial charge in [-0.25, -0.2) is 9.97 Å². The van der Waals surface area contributed by atoms with E-state index in [0.717, 1.165) is 92.8 Å². The third kappa shape index (κ3) is 11.9. The van der Waals surface area contributed by atoms with Gasteiger partial charge in [0, 0.05) is 56.8 Å². The maximum absolute atomic E-state index is 6.26. The molecule has 2 aromatic heterocycles. The first-order valence-electron chi connectivity index (χ1n) is 16.7. The summed E-state index contributed by atoms with van der Waals surface area (Å²) >= 11 is 0. The number of aromatic nitrogens is 3. The number of piperazine rings is 1. The van der Waals surface area contributed by atoms with Gasteiger partial charge in [0.25, 0.3) is 0 Å². The van der Waals surface area contributed by atoms with Crippen LogP contribution in [0, 0.1) is 0 Å². The number of aromatic amines is 1. The Hall–Kier alpha value is -2.58. The predicted octanol–water partition coefficient (Wildman–Crippen LogP) is 3.67. The maximum Gasteiger partial charge on any atom is 0.150 e. The van der Waals surface area contributed by atoms with Crippen molar-refractivity contribution in [2.75, 3.05) is 123 Å². The van der Waals surface area contributed by atoms with Gasteiger partial charge in [0.1, 0.15) is 22.7 Å². The van der Waals surface area contributed by atoms with Crippen LogP contribution in [0.15, 0.2) is 18.2 Å². The van der Waals surface area contributed by atoms with E-state index in [1.54, 1.807) is 0 Å². The average molecular weight is 631 g/mol. The molecule has 0 bridgehead atoms. The second-order valence-corrected chi connectivity index (χ2v) is 11.2. The number of benzene rings is 1. The third-order valence-electron chi connectivity index (χ3n) is 7.75. The summed E-state index contributed by atoms with van der Waals surface area (Å²) in [5.74, 6) is 1.49. The number of aryl methyl sites for hydroxylation is 1. The molecule has 0 unspecified atom stereocenters. The molecule has 0 saturated carbocycles. The minimum atomic E-state index is 0.510. The summed E-state index contributed by atoms with van der Waals surface area (Å²) in [7, 11) is 0. The van der Waals surface area contributed by atoms with Crippen LogP contribution >= 0.6 is 0 Å². The van der Waals surface area contributed by atoms with E-state index in [9.17, 15) is 0 Å². The van der Waals surface area contributed by atoms with Gasteiger partial charge in [0.15, 0.2) is 0 Å². The lowest BCUT2D eigenvalue weighted by molar-refractivity contribution is -0.0175. The highest BCUT2D eigenvalue weighted by Gasteiger charge is 2.19. The highest BCUT2D eigenvalue weighted by molar-refractivity contribution is 6.07. The standard InChI is InChI=1S/C33H54N6O6/c1-3-5-6-30-36-31-28-26-27(7-8-29(28)35-33(34)32(31)37-30)39-11-9-38(10-12-39)13-15-41-17-19-43-21-23-45-25-24-44-22-20-42-18-16-40-14-4-2/h7-8,26H,3-6,9-25H2,1-2H3,(H2,34,35)(H,36,37). The number of H-pyrrole nitrogens is 1. The first-order chi connectivity index (χ1) is 22.2. The van der Waals surface area contributed by atoms with Crippen molar-refractivity contribution in [3.63, 3.8) is 0 Å². The largest absolute Gasteiger partial charge is 0.382 e. The van der Waals surface area contributed by atoms with E-state index in [0.29, 0.717) is 78.5 Å². The zero-order valence-electron chi connectivity index (χ0n) is 27.4. The Morgan fingerprint density at radius 3 is 1.87 bits per heavy atom. The smallest absolute Gasteiger partial charge is 0.150 e. The van der Waals surface area contributed by atoms with Gasteiger partial charge in [-0.3, -0.25) is 4.90 Å². The Bertz CT molecular complexity index is 1240. The van der Waals surface area contributed by atoms with Gasteiger partial charge in [0.05, 0.1) is 78.2 Å². The van der Waals surface area contributed by atoms with E-state index in [1.807, 2.05) is 0 Å². The van der Waals surface area contributed by atoms with Crippen LogP contribution in [0.25, 0.3) is 21.9 Å². The fourth-order valence-electron chi connectivity index (χ4n) is 5.23. The Morgan fingerprint density at radius 1 is 0.711 bits per heavy atom. The normalized spacial score (nSPS) is 14.3. The summed E-state index contributed by atoms with van der Waals surface area (Å²) in [4.78, 5) is 17.8. The van der Waals surface area contributed by atoms with Gasteiger partial charge in [-0.1, -0.05) is 20.3 Å². The molecule has 45 heavy (non-hydrogen) atoms. The molecule has 4 rings (SSSR count). The van der Waals surface area contributed by atoms with E-state index in [4.69, 9.17) is 39.1 Å². The SMILES string of the molecule is CCCCc1nc2c([nH]1)c(N)nc1ccc(N3CCN(CCOCCOCCOCCOCCOCCOCCC)CC3)cc12. The molecule has 3 N–H and O–H groups in total. The molecule has 252 valence electrons. The minimum absolute atomic E-state index is 0.510. The first kappa shape index (κ1) is 35.3. The Balaban J connectivity index is 1.02. The number of imidazole rings is 1. The minimum Gasteiger partial charge on any atom is -0.382 e. The fraction of sp³-hybridized carbons (Fsp3) is 0.697. The molecule has 1 aliphatic heterocycles. The van der Waals surface area contributed by atoms with Crippen molar-refractivity contribution in [2.45, 2.75) is 39.5 Å². The lowest BCUT2D eigenvalue weighted by Gasteiger charge is -2.36. The van der Waals surface area contributed by atoms with Gasteiger partial charge >= 0.3 is 0 Å². The number of hydrogen-bond acceptors (Lipinski definition) is 11. The van der Waals surface area contributed by atoms with Crippen molar-refractivity contribution in [3.8, 4) is 0 Å². The number of pyridine rings is 1. The predicted molar refractivity (Wildman–Crippen MR) is 178 cm³/mol. The number of nitrogens with two attached hydrogens (primary N) is 1. The van der Waals surface area contributed by atoms with Crippen LogP contribution in [0.5, 0.6) is 0 Å². The number of fused-ring (bicyclic) bond motifs is 3. The van der Waals surface area contributed by atoms with E-state index >= 15 is 0 Å². The summed E-state index contributed by atoms with van der Waals surface area (Å²) in [6, 6.07) is 6.43. The number of nitrogens with zero attached hydrogens (tertiary/aromatic N) is 4. The molecule has 0 spiro atoms. The Morgan fingerprint density at radius 2 is 1.29 bits per heavy atom. The molecule has 1 saturated heterocycles. The van der Waals surface area contributed by atoms with Gasteiger partial charge < -0.3 is 44.0 Å². The molecule has 0 aliphatic carbocycles. The van der Waals surface area contributed by atoms with Crippen LogP contribution in [0.3, 0.4) is 0 Å². The number of ether oxygens (including phenoxy) is 6. The van der Waals surface area contributed by atoms with Crippen LogP contribution in [0.4, 0.5) is 11.5 Å². The summed E-state index contributed by atoms with van der Waals surface area (Å²) in [5, 5.41) is 1.05. The summed E-state index contributed by atoms with van der Waals surface area (Å²) < 4.78 is 33.2. The van der Waals surface area contributed by atoms with E-state index in [-0.39, 0.29) is 0 Å². The Labute approximate surface area is 267 Å².